The normalized spacial score (nSPS) is 26.0. The number of hydrogen-bond donors (Lipinski definition) is 0. The van der Waals surface area contributed by atoms with E-state index < -0.39 is 0 Å². The second-order valence-corrected chi connectivity index (χ2v) is 7.56. The van der Waals surface area contributed by atoms with Gasteiger partial charge in [-0.2, -0.15) is 0 Å². The van der Waals surface area contributed by atoms with Gasteiger partial charge in [0.05, 0.1) is 27.6 Å². The Labute approximate surface area is 156 Å². The SMILES string of the molecule is O=C1[C@H]2CC[C@H](c3ccccc3)C[C@H]2C(=O)N1c1ccc(Cl)c(Cl)c1. The Kier molecular flexibility index (Phi) is 4.30. The van der Waals surface area contributed by atoms with Gasteiger partial charge in [0, 0.05) is 0 Å². The minimum Gasteiger partial charge on any atom is -0.274 e. The molecule has 25 heavy (non-hydrogen) atoms. The van der Waals surface area contributed by atoms with Crippen LogP contribution in [0.4, 0.5) is 5.69 Å². The first-order chi connectivity index (χ1) is 12.1. The smallest absolute Gasteiger partial charge is 0.237 e. The highest BCUT2D eigenvalue weighted by Gasteiger charge is 2.50. The van der Waals surface area contributed by atoms with Crippen LogP contribution in [0.3, 0.4) is 0 Å². The van der Waals surface area contributed by atoms with Gasteiger partial charge in [-0.05, 0) is 48.9 Å². The summed E-state index contributed by atoms with van der Waals surface area (Å²) in [6.45, 7) is 0. The summed E-state index contributed by atoms with van der Waals surface area (Å²) >= 11 is 12.0. The van der Waals surface area contributed by atoms with Gasteiger partial charge in [0.25, 0.3) is 0 Å². The summed E-state index contributed by atoms with van der Waals surface area (Å²) in [7, 11) is 0. The molecule has 0 spiro atoms. The van der Waals surface area contributed by atoms with Crippen molar-refractivity contribution < 1.29 is 9.59 Å². The molecule has 1 saturated carbocycles. The molecule has 2 aromatic carbocycles. The highest BCUT2D eigenvalue weighted by Crippen LogP contribution is 2.46. The lowest BCUT2D eigenvalue weighted by atomic mass is 9.73. The molecular weight excluding hydrogens is 357 g/mol. The van der Waals surface area contributed by atoms with Gasteiger partial charge in [-0.15, -0.1) is 0 Å². The van der Waals surface area contributed by atoms with Crippen molar-refractivity contribution in [2.24, 2.45) is 11.8 Å². The number of halogens is 2. The molecule has 0 N–H and O–H groups in total. The molecule has 2 aromatic rings. The summed E-state index contributed by atoms with van der Waals surface area (Å²) < 4.78 is 0. The lowest BCUT2D eigenvalue weighted by molar-refractivity contribution is -0.122. The van der Waals surface area contributed by atoms with E-state index in [0.29, 0.717) is 21.7 Å². The molecule has 1 aliphatic heterocycles. The Balaban J connectivity index is 1.61. The van der Waals surface area contributed by atoms with Gasteiger partial charge < -0.3 is 0 Å². The molecule has 2 fully saturated rings. The van der Waals surface area contributed by atoms with Gasteiger partial charge in [-0.3, -0.25) is 14.5 Å². The van der Waals surface area contributed by atoms with Crippen molar-refractivity contribution >= 4 is 40.7 Å². The number of carbonyl (C=O) groups is 2. The number of carbonyl (C=O) groups excluding carboxylic acids is 2. The van der Waals surface area contributed by atoms with Crippen LogP contribution in [0.5, 0.6) is 0 Å². The van der Waals surface area contributed by atoms with Crippen LogP contribution in [0.25, 0.3) is 0 Å². The lowest BCUT2D eigenvalue weighted by Gasteiger charge is -2.28. The van der Waals surface area contributed by atoms with Crippen LogP contribution in [0, 0.1) is 11.8 Å². The van der Waals surface area contributed by atoms with Crippen LogP contribution >= 0.6 is 23.2 Å². The molecule has 4 rings (SSSR count). The van der Waals surface area contributed by atoms with Crippen molar-refractivity contribution in [3.05, 3.63) is 64.1 Å². The molecule has 1 saturated heterocycles. The second-order valence-electron chi connectivity index (χ2n) is 6.74. The zero-order valence-corrected chi connectivity index (χ0v) is 15.0. The maximum Gasteiger partial charge on any atom is 0.237 e. The second kappa shape index (κ2) is 6.47. The number of imide groups is 1. The van der Waals surface area contributed by atoms with Crippen molar-refractivity contribution in [1.82, 2.24) is 0 Å². The third kappa shape index (κ3) is 2.86. The Morgan fingerprint density at radius 1 is 0.840 bits per heavy atom. The molecule has 5 heteroatoms. The average Bonchev–Trinajstić information content (AvgIpc) is 2.89. The van der Waals surface area contributed by atoms with E-state index in [2.05, 4.69) is 12.1 Å². The molecular formula is C20H17Cl2NO2. The van der Waals surface area contributed by atoms with Crippen LogP contribution in [-0.4, -0.2) is 11.8 Å². The molecule has 1 heterocycles. The number of nitrogens with zero attached hydrogens (tertiary/aromatic N) is 1. The van der Waals surface area contributed by atoms with E-state index in [4.69, 9.17) is 23.2 Å². The number of amides is 2. The van der Waals surface area contributed by atoms with E-state index in [1.54, 1.807) is 18.2 Å². The lowest BCUT2D eigenvalue weighted by Crippen LogP contribution is -2.30. The molecule has 128 valence electrons. The first-order valence-electron chi connectivity index (χ1n) is 8.44. The largest absolute Gasteiger partial charge is 0.274 e. The van der Waals surface area contributed by atoms with Crippen LogP contribution in [-0.2, 0) is 9.59 Å². The fourth-order valence-corrected chi connectivity index (χ4v) is 4.38. The van der Waals surface area contributed by atoms with Crippen molar-refractivity contribution in [1.29, 1.82) is 0 Å². The molecule has 3 nitrogen and oxygen atoms in total. The van der Waals surface area contributed by atoms with Crippen LogP contribution in [0.15, 0.2) is 48.5 Å². The molecule has 3 atom stereocenters. The molecule has 0 aromatic heterocycles. The zero-order chi connectivity index (χ0) is 17.6. The van der Waals surface area contributed by atoms with Crippen molar-refractivity contribution in [2.75, 3.05) is 4.90 Å². The number of rotatable bonds is 2. The quantitative estimate of drug-likeness (QED) is 0.689. The number of benzene rings is 2. The summed E-state index contributed by atoms with van der Waals surface area (Å²) in [6, 6.07) is 15.1. The molecule has 2 aliphatic rings. The van der Waals surface area contributed by atoms with E-state index >= 15 is 0 Å². The summed E-state index contributed by atoms with van der Waals surface area (Å²) in [5.41, 5.74) is 1.75. The number of anilines is 1. The summed E-state index contributed by atoms with van der Waals surface area (Å²) in [6.07, 6.45) is 2.39. The first-order valence-corrected chi connectivity index (χ1v) is 9.19. The highest BCUT2D eigenvalue weighted by molar-refractivity contribution is 6.42. The van der Waals surface area contributed by atoms with Gasteiger partial charge >= 0.3 is 0 Å². The molecule has 0 radical (unpaired) electrons. The Morgan fingerprint density at radius 3 is 2.28 bits per heavy atom. The van der Waals surface area contributed by atoms with Gasteiger partial charge in [-0.25, -0.2) is 0 Å². The van der Waals surface area contributed by atoms with Crippen LogP contribution in [0.1, 0.15) is 30.7 Å². The maximum atomic E-state index is 13.0. The predicted molar refractivity (Wildman–Crippen MR) is 99.0 cm³/mol. The number of hydrogen-bond acceptors (Lipinski definition) is 2. The maximum absolute atomic E-state index is 13.0. The monoisotopic (exact) mass is 373 g/mol. The minimum absolute atomic E-state index is 0.111. The van der Waals surface area contributed by atoms with Gasteiger partial charge in [0.1, 0.15) is 0 Å². The van der Waals surface area contributed by atoms with Crippen molar-refractivity contribution in [3.8, 4) is 0 Å². The Morgan fingerprint density at radius 2 is 1.56 bits per heavy atom. The predicted octanol–water partition coefficient (Wildman–Crippen LogP) is 5.07. The van der Waals surface area contributed by atoms with Gasteiger partial charge in [0.15, 0.2) is 0 Å². The van der Waals surface area contributed by atoms with E-state index in [1.807, 2.05) is 18.2 Å². The van der Waals surface area contributed by atoms with Crippen LogP contribution < -0.4 is 4.90 Å². The van der Waals surface area contributed by atoms with E-state index in [9.17, 15) is 9.59 Å². The molecule has 2 amide bonds. The van der Waals surface area contributed by atoms with E-state index in [0.717, 1.165) is 19.3 Å². The summed E-state index contributed by atoms with van der Waals surface area (Å²) in [4.78, 5) is 27.1. The van der Waals surface area contributed by atoms with Crippen molar-refractivity contribution in [3.63, 3.8) is 0 Å². The fraction of sp³-hybridized carbons (Fsp3) is 0.300. The Hall–Kier alpha value is -1.84. The Bertz CT molecular complexity index is 837. The third-order valence-corrected chi connectivity index (χ3v) is 6.10. The van der Waals surface area contributed by atoms with Crippen molar-refractivity contribution in [2.45, 2.75) is 25.2 Å². The van der Waals surface area contributed by atoms with Crippen LogP contribution in [0.2, 0.25) is 10.0 Å². The topological polar surface area (TPSA) is 37.4 Å². The third-order valence-electron chi connectivity index (χ3n) is 5.36. The van der Waals surface area contributed by atoms with Gasteiger partial charge in [-0.1, -0.05) is 53.5 Å². The molecule has 0 bridgehead atoms. The summed E-state index contributed by atoms with van der Waals surface area (Å²) in [5, 5.41) is 0.753. The number of fused-ring (bicyclic) bond motifs is 1. The first kappa shape index (κ1) is 16.6. The summed E-state index contributed by atoms with van der Waals surface area (Å²) in [5.74, 6) is -0.371. The fourth-order valence-electron chi connectivity index (χ4n) is 4.09. The molecule has 1 aliphatic carbocycles. The molecule has 0 unspecified atom stereocenters. The average molecular weight is 374 g/mol. The highest BCUT2D eigenvalue weighted by atomic mass is 35.5. The zero-order valence-electron chi connectivity index (χ0n) is 13.5. The van der Waals surface area contributed by atoms with Gasteiger partial charge in [0.2, 0.25) is 11.8 Å². The minimum atomic E-state index is -0.249. The van der Waals surface area contributed by atoms with E-state index in [-0.39, 0.29) is 23.7 Å². The van der Waals surface area contributed by atoms with E-state index in [1.165, 1.54) is 10.5 Å². The standard InChI is InChI=1S/C20H17Cl2NO2/c21-17-9-7-14(11-18(17)22)23-19(24)15-8-6-13(10-16(15)20(23)25)12-4-2-1-3-5-12/h1-5,7,9,11,13,15-16H,6,8,10H2/t13-,15-,16+/m0/s1.